The Kier molecular flexibility index (Phi) is 9.26. The largest absolute Gasteiger partial charge is 0.368 e. The molecule has 0 saturated carbocycles. The van der Waals surface area contributed by atoms with Crippen molar-refractivity contribution in [1.82, 2.24) is 24.3 Å². The molecular formula is C32H45N5O6S. The second kappa shape index (κ2) is 13.0. The van der Waals surface area contributed by atoms with Gasteiger partial charge in [0.15, 0.2) is 5.78 Å². The highest BCUT2D eigenvalue weighted by molar-refractivity contribution is 7.89. The van der Waals surface area contributed by atoms with E-state index >= 15 is 0 Å². The number of nitrogens with one attached hydrogen (secondary N) is 1. The fraction of sp³-hybridized carbons (Fsp3) is 0.656. The molecule has 44 heavy (non-hydrogen) atoms. The number of rotatable bonds is 9. The zero-order valence-electron chi connectivity index (χ0n) is 25.8. The van der Waals surface area contributed by atoms with Crippen molar-refractivity contribution in [3.05, 3.63) is 41.0 Å². The maximum Gasteiger partial charge on any atom is 0.255 e. The van der Waals surface area contributed by atoms with E-state index in [9.17, 15) is 22.8 Å². The first-order valence-corrected chi connectivity index (χ1v) is 17.7. The van der Waals surface area contributed by atoms with E-state index in [4.69, 9.17) is 4.74 Å². The molecule has 1 aromatic carbocycles. The van der Waals surface area contributed by atoms with Crippen molar-refractivity contribution >= 4 is 33.7 Å². The smallest absolute Gasteiger partial charge is 0.255 e. The lowest BCUT2D eigenvalue weighted by atomic mass is 9.85. The van der Waals surface area contributed by atoms with Crippen molar-refractivity contribution in [3.8, 4) is 0 Å². The predicted molar refractivity (Wildman–Crippen MR) is 166 cm³/mol. The van der Waals surface area contributed by atoms with Gasteiger partial charge < -0.3 is 15.0 Å². The number of benzene rings is 1. The van der Waals surface area contributed by atoms with Gasteiger partial charge in [-0.15, -0.1) is 0 Å². The number of nitrogens with zero attached hydrogens (tertiary/aromatic N) is 4. The molecule has 4 unspecified atom stereocenters. The van der Waals surface area contributed by atoms with E-state index in [2.05, 4.69) is 10.2 Å². The minimum Gasteiger partial charge on any atom is -0.368 e. The van der Waals surface area contributed by atoms with Crippen LogP contribution in [0.1, 0.15) is 62.1 Å². The monoisotopic (exact) mass is 627 g/mol. The molecule has 4 heterocycles. The number of Topliss-reactive ketones (excluding diaryl/α,β-unsaturated/α-hetero) is 1. The fourth-order valence-corrected chi connectivity index (χ4v) is 9.31. The lowest BCUT2D eigenvalue weighted by Gasteiger charge is -2.39. The van der Waals surface area contributed by atoms with Crippen LogP contribution in [0, 0.1) is 0 Å². The summed E-state index contributed by atoms with van der Waals surface area (Å²) >= 11 is 0. The highest BCUT2D eigenvalue weighted by atomic mass is 32.2. The van der Waals surface area contributed by atoms with Crippen molar-refractivity contribution in [2.75, 3.05) is 59.2 Å². The standard InChI is InChI=1S/C32H45N5O6S/c1-34(2)29-26-8-4-3-7-22(26)19-27(30(29)38)31(39)33-23-20-24-10-11-25(21-23)37(24)12-6-18-44(41,42)36-15-13-35(14-16-36)32(40)28-9-5-17-43-28/h3-4,7-8,19,23-25,28-29H,5-6,9-18,20-21H2,1-2H3,(H,33,39). The number of carbonyl (C=O) groups is 3. The number of amides is 2. The number of ether oxygens (including phenoxy) is 1. The van der Waals surface area contributed by atoms with E-state index < -0.39 is 16.1 Å². The van der Waals surface area contributed by atoms with Crippen LogP contribution in [0.25, 0.3) is 6.08 Å². The van der Waals surface area contributed by atoms with Crippen molar-refractivity contribution in [3.63, 3.8) is 0 Å². The summed E-state index contributed by atoms with van der Waals surface area (Å²) < 4.78 is 33.3. The van der Waals surface area contributed by atoms with Gasteiger partial charge in [-0.1, -0.05) is 24.3 Å². The molecule has 6 rings (SSSR count). The number of ketones is 1. The van der Waals surface area contributed by atoms with Crippen LogP contribution in [0.5, 0.6) is 0 Å². The van der Waals surface area contributed by atoms with Crippen LogP contribution in [-0.2, 0) is 29.1 Å². The summed E-state index contributed by atoms with van der Waals surface area (Å²) in [5.41, 5.74) is 2.02. The van der Waals surface area contributed by atoms with Crippen LogP contribution in [0.15, 0.2) is 29.8 Å². The van der Waals surface area contributed by atoms with Gasteiger partial charge in [-0.2, -0.15) is 4.31 Å². The van der Waals surface area contributed by atoms with Gasteiger partial charge in [0.2, 0.25) is 10.0 Å². The molecule has 1 aliphatic carbocycles. The van der Waals surface area contributed by atoms with E-state index in [1.54, 1.807) is 11.0 Å². The minimum absolute atomic E-state index is 0.0141. The first-order valence-electron chi connectivity index (χ1n) is 16.1. The molecule has 1 N–H and O–H groups in total. The third-order valence-corrected chi connectivity index (χ3v) is 12.0. The molecule has 240 valence electrons. The summed E-state index contributed by atoms with van der Waals surface area (Å²) in [6.45, 7) is 2.80. The molecule has 2 bridgehead atoms. The molecule has 4 atom stereocenters. The quantitative estimate of drug-likeness (QED) is 0.409. The third-order valence-electron chi connectivity index (χ3n) is 10.1. The fourth-order valence-electron chi connectivity index (χ4n) is 7.84. The number of fused-ring (bicyclic) bond motifs is 3. The summed E-state index contributed by atoms with van der Waals surface area (Å²) in [5.74, 6) is -0.408. The average molecular weight is 628 g/mol. The number of hydrogen-bond acceptors (Lipinski definition) is 8. The summed E-state index contributed by atoms with van der Waals surface area (Å²) in [6.07, 6.45) is 7.19. The molecule has 4 saturated heterocycles. The number of piperazine rings is 1. The van der Waals surface area contributed by atoms with Crippen molar-refractivity contribution in [2.24, 2.45) is 0 Å². The van der Waals surface area contributed by atoms with Crippen LogP contribution in [0.4, 0.5) is 0 Å². The second-order valence-corrected chi connectivity index (χ2v) is 15.2. The molecule has 5 aliphatic rings. The molecule has 12 heteroatoms. The highest BCUT2D eigenvalue weighted by Crippen LogP contribution is 2.37. The predicted octanol–water partition coefficient (Wildman–Crippen LogP) is 1.41. The Hall–Kier alpha value is -2.64. The van der Waals surface area contributed by atoms with Crippen molar-refractivity contribution in [1.29, 1.82) is 0 Å². The molecule has 0 spiro atoms. The molecular weight excluding hydrogens is 582 g/mol. The molecule has 0 aromatic heterocycles. The van der Waals surface area contributed by atoms with Crippen molar-refractivity contribution in [2.45, 2.75) is 75.2 Å². The number of piperidine rings is 1. The van der Waals surface area contributed by atoms with E-state index in [1.165, 1.54) is 4.31 Å². The molecule has 4 fully saturated rings. The number of likely N-dealkylation sites (N-methyl/N-ethyl adjacent to an activating group) is 1. The topological polar surface area (TPSA) is 120 Å². The van der Waals surface area contributed by atoms with Crippen molar-refractivity contribution < 1.29 is 27.5 Å². The Morgan fingerprint density at radius 2 is 1.73 bits per heavy atom. The van der Waals surface area contributed by atoms with Gasteiger partial charge in [0.25, 0.3) is 11.8 Å². The Labute approximate surface area is 260 Å². The Morgan fingerprint density at radius 1 is 1.02 bits per heavy atom. The Morgan fingerprint density at radius 3 is 2.39 bits per heavy atom. The number of hydrogen-bond donors (Lipinski definition) is 1. The summed E-state index contributed by atoms with van der Waals surface area (Å²) in [4.78, 5) is 45.4. The first-order chi connectivity index (χ1) is 21.1. The summed E-state index contributed by atoms with van der Waals surface area (Å²) in [5, 5.41) is 3.17. The van der Waals surface area contributed by atoms with Gasteiger partial charge in [0.05, 0.1) is 17.4 Å². The Balaban J connectivity index is 0.984. The lowest BCUT2D eigenvalue weighted by Crippen LogP contribution is -2.53. The van der Waals surface area contributed by atoms with Gasteiger partial charge in [-0.25, -0.2) is 8.42 Å². The van der Waals surface area contributed by atoms with Gasteiger partial charge in [-0.3, -0.25) is 24.2 Å². The normalized spacial score (nSPS) is 29.5. The van der Waals surface area contributed by atoms with E-state index in [1.807, 2.05) is 43.3 Å². The van der Waals surface area contributed by atoms with Gasteiger partial charge in [0, 0.05) is 50.9 Å². The zero-order valence-corrected chi connectivity index (χ0v) is 26.6. The second-order valence-electron chi connectivity index (χ2n) is 13.1. The molecule has 11 nitrogen and oxygen atoms in total. The van der Waals surface area contributed by atoms with Crippen LogP contribution in [0.2, 0.25) is 0 Å². The maximum absolute atomic E-state index is 13.4. The van der Waals surface area contributed by atoms with Crippen LogP contribution < -0.4 is 5.32 Å². The average Bonchev–Trinajstić information content (AvgIpc) is 3.62. The van der Waals surface area contributed by atoms with Crippen LogP contribution in [0.3, 0.4) is 0 Å². The molecule has 1 aromatic rings. The van der Waals surface area contributed by atoms with E-state index in [0.29, 0.717) is 57.8 Å². The first kappa shape index (κ1) is 31.3. The van der Waals surface area contributed by atoms with Crippen LogP contribution in [-0.4, -0.2) is 128 Å². The van der Waals surface area contributed by atoms with Gasteiger partial charge in [-0.05, 0) is 82.8 Å². The molecule has 2 amide bonds. The zero-order chi connectivity index (χ0) is 31.0. The minimum atomic E-state index is -3.40. The summed E-state index contributed by atoms with van der Waals surface area (Å²) in [6, 6.07) is 7.80. The number of carbonyl (C=O) groups excluding carboxylic acids is 3. The van der Waals surface area contributed by atoms with Gasteiger partial charge >= 0.3 is 0 Å². The highest BCUT2D eigenvalue weighted by Gasteiger charge is 2.42. The Bertz CT molecular complexity index is 1390. The molecule has 4 aliphatic heterocycles. The number of sulfonamides is 1. The van der Waals surface area contributed by atoms with E-state index in [0.717, 1.165) is 49.7 Å². The SMILES string of the molecule is CN(C)C1C(=O)C(C(=O)NC2CC3CCC(C2)N3CCCS(=O)(=O)N2CCN(C(=O)C3CCCO3)CC2)=Cc2ccccc21. The van der Waals surface area contributed by atoms with E-state index in [-0.39, 0.29) is 41.1 Å². The lowest BCUT2D eigenvalue weighted by molar-refractivity contribution is -0.142. The third kappa shape index (κ3) is 6.37. The summed E-state index contributed by atoms with van der Waals surface area (Å²) in [7, 11) is 0.307. The van der Waals surface area contributed by atoms with Gasteiger partial charge in [0.1, 0.15) is 6.10 Å². The molecule has 0 radical (unpaired) electrons. The maximum atomic E-state index is 13.4. The van der Waals surface area contributed by atoms with Crippen LogP contribution >= 0.6 is 0 Å².